The van der Waals surface area contributed by atoms with Crippen molar-refractivity contribution in [2.24, 2.45) is 0 Å². The summed E-state index contributed by atoms with van der Waals surface area (Å²) >= 11 is 7.62. The van der Waals surface area contributed by atoms with Gasteiger partial charge in [0.2, 0.25) is 10.0 Å². The van der Waals surface area contributed by atoms with E-state index in [4.69, 9.17) is 11.6 Å². The summed E-state index contributed by atoms with van der Waals surface area (Å²) in [7, 11) is -3.52. The second kappa shape index (κ2) is 8.56. The summed E-state index contributed by atoms with van der Waals surface area (Å²) in [5, 5.41) is 4.48. The van der Waals surface area contributed by atoms with Gasteiger partial charge < -0.3 is 9.88 Å². The van der Waals surface area contributed by atoms with Crippen LogP contribution < -0.4 is 4.72 Å². The molecule has 1 atom stereocenters. The lowest BCUT2D eigenvalue weighted by molar-refractivity contribution is 0.327. The van der Waals surface area contributed by atoms with Gasteiger partial charge in [0.1, 0.15) is 4.90 Å². The van der Waals surface area contributed by atoms with Crippen molar-refractivity contribution in [3.63, 3.8) is 0 Å². The van der Waals surface area contributed by atoms with Crippen LogP contribution in [0.3, 0.4) is 0 Å². The number of aromatic nitrogens is 1. The van der Waals surface area contributed by atoms with Crippen molar-refractivity contribution in [1.29, 1.82) is 0 Å². The van der Waals surface area contributed by atoms with Crippen molar-refractivity contribution in [2.45, 2.75) is 30.2 Å². The predicted octanol–water partition coefficient (Wildman–Crippen LogP) is 5.02. The summed E-state index contributed by atoms with van der Waals surface area (Å²) in [4.78, 5) is 6.05. The Hall–Kier alpha value is -1.90. The van der Waals surface area contributed by atoms with Crippen molar-refractivity contribution in [2.75, 3.05) is 19.6 Å². The Morgan fingerprint density at radius 1 is 1.19 bits per heavy atom. The molecular formula is C23H24ClN3O2S2. The number of likely N-dealkylation sites (tertiary alicyclic amines) is 1. The van der Waals surface area contributed by atoms with Gasteiger partial charge in [-0.15, -0.1) is 11.3 Å². The molecule has 0 spiro atoms. The number of hydrogen-bond acceptors (Lipinski definition) is 4. The highest BCUT2D eigenvalue weighted by molar-refractivity contribution is 7.90. The van der Waals surface area contributed by atoms with E-state index in [1.54, 1.807) is 5.38 Å². The Morgan fingerprint density at radius 3 is 2.97 bits per heavy atom. The van der Waals surface area contributed by atoms with Gasteiger partial charge in [-0.05, 0) is 62.2 Å². The number of hydrogen-bond donors (Lipinski definition) is 2. The van der Waals surface area contributed by atoms with E-state index in [1.165, 1.54) is 22.3 Å². The van der Waals surface area contributed by atoms with E-state index in [-0.39, 0.29) is 6.04 Å². The highest BCUT2D eigenvalue weighted by Gasteiger charge is 2.28. The van der Waals surface area contributed by atoms with E-state index < -0.39 is 10.0 Å². The molecule has 1 saturated heterocycles. The molecule has 31 heavy (non-hydrogen) atoms. The minimum atomic E-state index is -3.52. The van der Waals surface area contributed by atoms with Crippen LogP contribution in [0.5, 0.6) is 0 Å². The number of aryl methyl sites for hydroxylation is 1. The first-order chi connectivity index (χ1) is 15.0. The van der Waals surface area contributed by atoms with E-state index >= 15 is 0 Å². The van der Waals surface area contributed by atoms with Gasteiger partial charge in [-0.25, -0.2) is 13.1 Å². The minimum Gasteiger partial charge on any atom is -0.361 e. The number of benzene rings is 2. The van der Waals surface area contributed by atoms with E-state index in [0.29, 0.717) is 4.90 Å². The summed E-state index contributed by atoms with van der Waals surface area (Å²) in [6, 6.07) is 13.5. The molecule has 2 aromatic heterocycles. The van der Waals surface area contributed by atoms with Gasteiger partial charge >= 0.3 is 0 Å². The predicted molar refractivity (Wildman–Crippen MR) is 129 cm³/mol. The second-order valence-corrected chi connectivity index (χ2v) is 11.1. The SMILES string of the molecule is O=S(=O)(NC1CCN(CCCc2c[nH]c3ccc(Cl)cc23)C1)c1csc2ccccc12. The van der Waals surface area contributed by atoms with Crippen LogP contribution in [0.15, 0.2) is 58.9 Å². The van der Waals surface area contributed by atoms with Gasteiger partial charge in [-0.3, -0.25) is 0 Å². The highest BCUT2D eigenvalue weighted by Crippen LogP contribution is 2.29. The summed E-state index contributed by atoms with van der Waals surface area (Å²) in [6.07, 6.45) is 4.89. The molecule has 1 aliphatic rings. The number of thiophene rings is 1. The summed E-state index contributed by atoms with van der Waals surface area (Å²) in [5.41, 5.74) is 2.38. The molecule has 1 aliphatic heterocycles. The average molecular weight is 474 g/mol. The van der Waals surface area contributed by atoms with Gasteiger partial charge in [0.25, 0.3) is 0 Å². The third-order valence-corrected chi connectivity index (χ3v) is 8.89. The Bertz CT molecular complexity index is 1330. The minimum absolute atomic E-state index is 0.0458. The highest BCUT2D eigenvalue weighted by atomic mass is 35.5. The van der Waals surface area contributed by atoms with Crippen LogP contribution in [0.4, 0.5) is 0 Å². The van der Waals surface area contributed by atoms with Crippen LogP contribution in [-0.4, -0.2) is 44.0 Å². The molecule has 0 bridgehead atoms. The van der Waals surface area contributed by atoms with E-state index in [9.17, 15) is 8.42 Å². The Labute approximate surface area is 191 Å². The van der Waals surface area contributed by atoms with Crippen LogP contribution in [0, 0.1) is 0 Å². The van der Waals surface area contributed by atoms with E-state index in [1.807, 2.05) is 42.5 Å². The fraction of sp³-hybridized carbons (Fsp3) is 0.304. The van der Waals surface area contributed by atoms with Crippen molar-refractivity contribution in [3.8, 4) is 0 Å². The smallest absolute Gasteiger partial charge is 0.242 e. The Morgan fingerprint density at radius 2 is 2.06 bits per heavy atom. The first-order valence-electron chi connectivity index (χ1n) is 10.5. The summed E-state index contributed by atoms with van der Waals surface area (Å²) < 4.78 is 29.8. The molecule has 0 amide bonds. The molecule has 0 saturated carbocycles. The van der Waals surface area contributed by atoms with Crippen LogP contribution in [0.25, 0.3) is 21.0 Å². The second-order valence-electron chi connectivity index (χ2n) is 8.11. The molecule has 1 unspecified atom stereocenters. The molecule has 2 N–H and O–H groups in total. The van der Waals surface area contributed by atoms with Crippen molar-refractivity contribution in [3.05, 3.63) is 64.6 Å². The molecule has 3 heterocycles. The molecule has 2 aromatic carbocycles. The van der Waals surface area contributed by atoms with Crippen molar-refractivity contribution < 1.29 is 8.42 Å². The number of sulfonamides is 1. The molecular weight excluding hydrogens is 450 g/mol. The molecule has 5 rings (SSSR count). The number of nitrogens with one attached hydrogen (secondary N) is 2. The van der Waals surface area contributed by atoms with Crippen LogP contribution >= 0.6 is 22.9 Å². The number of H-pyrrole nitrogens is 1. The molecule has 0 radical (unpaired) electrons. The maximum atomic E-state index is 13.0. The van der Waals surface area contributed by atoms with E-state index in [2.05, 4.69) is 20.8 Å². The maximum absolute atomic E-state index is 13.0. The third kappa shape index (κ3) is 4.38. The lowest BCUT2D eigenvalue weighted by Crippen LogP contribution is -2.37. The zero-order valence-electron chi connectivity index (χ0n) is 17.0. The van der Waals surface area contributed by atoms with Crippen molar-refractivity contribution in [1.82, 2.24) is 14.6 Å². The topological polar surface area (TPSA) is 65.2 Å². The van der Waals surface area contributed by atoms with Crippen LogP contribution in [0.1, 0.15) is 18.4 Å². The van der Waals surface area contributed by atoms with Crippen molar-refractivity contribution >= 4 is 54.0 Å². The number of nitrogens with zero attached hydrogens (tertiary/aromatic N) is 1. The Balaban J connectivity index is 1.17. The Kier molecular flexibility index (Phi) is 5.79. The number of halogens is 1. The number of aromatic amines is 1. The summed E-state index contributed by atoms with van der Waals surface area (Å²) in [5.74, 6) is 0. The third-order valence-electron chi connectivity index (χ3n) is 5.98. The number of fused-ring (bicyclic) bond motifs is 2. The van der Waals surface area contributed by atoms with E-state index in [0.717, 1.165) is 59.5 Å². The molecule has 0 aliphatic carbocycles. The zero-order chi connectivity index (χ0) is 21.4. The largest absolute Gasteiger partial charge is 0.361 e. The van der Waals surface area contributed by atoms with Gasteiger partial charge in [0, 0.05) is 50.2 Å². The van der Waals surface area contributed by atoms with Crippen LogP contribution in [-0.2, 0) is 16.4 Å². The lowest BCUT2D eigenvalue weighted by Gasteiger charge is -2.16. The first kappa shape index (κ1) is 21.0. The van der Waals surface area contributed by atoms with Gasteiger partial charge in [0.15, 0.2) is 0 Å². The quantitative estimate of drug-likeness (QED) is 0.396. The van der Waals surface area contributed by atoms with Gasteiger partial charge in [-0.2, -0.15) is 0 Å². The summed E-state index contributed by atoms with van der Waals surface area (Å²) in [6.45, 7) is 2.62. The van der Waals surface area contributed by atoms with Gasteiger partial charge in [-0.1, -0.05) is 29.8 Å². The number of rotatable bonds is 7. The maximum Gasteiger partial charge on any atom is 0.242 e. The molecule has 8 heteroatoms. The molecule has 162 valence electrons. The fourth-order valence-electron chi connectivity index (χ4n) is 4.43. The van der Waals surface area contributed by atoms with Gasteiger partial charge in [0.05, 0.1) is 0 Å². The first-order valence-corrected chi connectivity index (χ1v) is 13.2. The monoisotopic (exact) mass is 473 g/mol. The zero-order valence-corrected chi connectivity index (χ0v) is 19.4. The average Bonchev–Trinajstić information content (AvgIpc) is 3.46. The fourth-order valence-corrected chi connectivity index (χ4v) is 7.36. The molecule has 1 fully saturated rings. The normalized spacial score (nSPS) is 17.8. The lowest BCUT2D eigenvalue weighted by atomic mass is 10.1. The standard InChI is InChI=1S/C23H24ClN3O2S2/c24-17-7-8-21-20(12-17)16(13-25-21)4-3-10-27-11-9-18(14-27)26-31(28,29)23-15-30-22-6-2-1-5-19(22)23/h1-2,5-8,12-13,15,18,25-26H,3-4,9-11,14H2. The van der Waals surface area contributed by atoms with Crippen LogP contribution in [0.2, 0.25) is 5.02 Å². The molecule has 5 nitrogen and oxygen atoms in total. The molecule has 4 aromatic rings.